The first-order chi connectivity index (χ1) is 6.81. The smallest absolute Gasteiger partial charge is 0.384 e. The summed E-state index contributed by atoms with van der Waals surface area (Å²) in [6, 6.07) is 0. The van der Waals surface area contributed by atoms with Gasteiger partial charge in [-0.25, -0.2) is 4.79 Å². The fraction of sp³-hybridized carbons (Fsp3) is 0.727. The third-order valence-corrected chi connectivity index (χ3v) is 1.84. The van der Waals surface area contributed by atoms with Gasteiger partial charge >= 0.3 is 5.97 Å². The molecule has 0 saturated carbocycles. The van der Waals surface area contributed by atoms with E-state index in [2.05, 4.69) is 16.6 Å². The summed E-state index contributed by atoms with van der Waals surface area (Å²) in [5, 5.41) is 8.52. The van der Waals surface area contributed by atoms with Crippen molar-refractivity contribution in [1.82, 2.24) is 0 Å². The Hall–Kier alpha value is -1.01. The van der Waals surface area contributed by atoms with Crippen molar-refractivity contribution in [2.45, 2.75) is 38.5 Å². The Bertz CT molecular complexity index is 200. The molecule has 80 valence electrons. The molecule has 0 spiro atoms. The van der Waals surface area contributed by atoms with Crippen LogP contribution in [-0.2, 0) is 9.53 Å². The van der Waals surface area contributed by atoms with E-state index in [0.29, 0.717) is 0 Å². The number of carbonyl (C=O) groups excluding carboxylic acids is 1. The minimum absolute atomic E-state index is 0.280. The Balaban J connectivity index is 3.19. The average molecular weight is 198 g/mol. The van der Waals surface area contributed by atoms with Crippen LogP contribution in [0.3, 0.4) is 0 Å². The van der Waals surface area contributed by atoms with Crippen LogP contribution in [0.5, 0.6) is 0 Å². The average Bonchev–Trinajstić information content (AvgIpc) is 2.21. The maximum Gasteiger partial charge on any atom is 0.384 e. The van der Waals surface area contributed by atoms with E-state index in [0.717, 1.165) is 38.5 Å². The van der Waals surface area contributed by atoms with Gasteiger partial charge in [0, 0.05) is 18.9 Å². The van der Waals surface area contributed by atoms with Crippen molar-refractivity contribution in [1.29, 1.82) is 0 Å². The second-order valence-electron chi connectivity index (χ2n) is 3.03. The van der Waals surface area contributed by atoms with Gasteiger partial charge in [-0.05, 0) is 12.8 Å². The lowest BCUT2D eigenvalue weighted by Gasteiger charge is -1.96. The molecule has 0 aliphatic carbocycles. The van der Waals surface area contributed by atoms with Crippen molar-refractivity contribution >= 4 is 5.97 Å². The summed E-state index contributed by atoms with van der Waals surface area (Å²) in [5.74, 6) is 4.67. The molecule has 0 atom stereocenters. The topological polar surface area (TPSA) is 46.5 Å². The number of aliphatic hydroxyl groups is 1. The highest BCUT2D eigenvalue weighted by molar-refractivity contribution is 5.88. The highest BCUT2D eigenvalue weighted by Crippen LogP contribution is 2.03. The maximum absolute atomic E-state index is 10.6. The molecule has 0 aliphatic heterocycles. The number of rotatable bonds is 6. The van der Waals surface area contributed by atoms with Gasteiger partial charge in [-0.15, -0.1) is 0 Å². The lowest BCUT2D eigenvalue weighted by molar-refractivity contribution is -0.133. The summed E-state index contributed by atoms with van der Waals surface area (Å²) in [6.45, 7) is 0.280. The molecule has 0 rings (SSSR count). The Morgan fingerprint density at radius 2 is 1.86 bits per heavy atom. The number of carbonyl (C=O) groups is 1. The Morgan fingerprint density at radius 1 is 1.21 bits per heavy atom. The van der Waals surface area contributed by atoms with E-state index in [1.165, 1.54) is 7.11 Å². The molecule has 0 aromatic carbocycles. The second kappa shape index (κ2) is 10.1. The van der Waals surface area contributed by atoms with Crippen molar-refractivity contribution in [3.05, 3.63) is 0 Å². The molecule has 0 unspecified atom stereocenters. The molecule has 14 heavy (non-hydrogen) atoms. The van der Waals surface area contributed by atoms with Gasteiger partial charge in [-0.1, -0.05) is 25.2 Å². The van der Waals surface area contributed by atoms with Gasteiger partial charge in [-0.3, -0.25) is 0 Å². The minimum atomic E-state index is -0.467. The molecule has 0 heterocycles. The molecule has 0 aromatic rings. The third kappa shape index (κ3) is 9.08. The Kier molecular flexibility index (Phi) is 9.35. The molecular formula is C11H18O3. The third-order valence-electron chi connectivity index (χ3n) is 1.84. The Labute approximate surface area is 85.5 Å². The van der Waals surface area contributed by atoms with E-state index in [1.54, 1.807) is 0 Å². The highest BCUT2D eigenvalue weighted by atomic mass is 16.5. The summed E-state index contributed by atoms with van der Waals surface area (Å²) in [6.07, 6.45) is 5.94. The zero-order valence-corrected chi connectivity index (χ0v) is 8.71. The van der Waals surface area contributed by atoms with Gasteiger partial charge in [0.1, 0.15) is 0 Å². The minimum Gasteiger partial charge on any atom is -0.459 e. The normalized spacial score (nSPS) is 9.00. The van der Waals surface area contributed by atoms with Crippen LogP contribution < -0.4 is 0 Å². The lowest BCUT2D eigenvalue weighted by atomic mass is 10.1. The van der Waals surface area contributed by atoms with Crippen LogP contribution in [0.25, 0.3) is 0 Å². The van der Waals surface area contributed by atoms with Gasteiger partial charge in [0.15, 0.2) is 0 Å². The molecule has 0 aliphatic rings. The van der Waals surface area contributed by atoms with Gasteiger partial charge in [-0.2, -0.15) is 0 Å². The van der Waals surface area contributed by atoms with Crippen LogP contribution in [-0.4, -0.2) is 24.8 Å². The van der Waals surface area contributed by atoms with Crippen LogP contribution in [0.1, 0.15) is 38.5 Å². The van der Waals surface area contributed by atoms with Crippen LogP contribution in [0.15, 0.2) is 0 Å². The summed E-state index contributed by atoms with van der Waals surface area (Å²) in [5.41, 5.74) is 0. The number of hydrogen-bond donors (Lipinski definition) is 1. The maximum atomic E-state index is 10.6. The SMILES string of the molecule is COC(=O)C#CCCCCCCCO. The van der Waals surface area contributed by atoms with E-state index in [1.807, 2.05) is 0 Å². The number of methoxy groups -OCH3 is 1. The number of aliphatic hydroxyl groups excluding tert-OH is 1. The molecular weight excluding hydrogens is 180 g/mol. The predicted molar refractivity (Wildman–Crippen MR) is 54.6 cm³/mol. The standard InChI is InChI=1S/C11H18O3/c1-14-11(13)9-7-5-3-2-4-6-8-10-12/h12H,2-6,8,10H2,1H3. The van der Waals surface area contributed by atoms with Gasteiger partial charge < -0.3 is 9.84 Å². The van der Waals surface area contributed by atoms with Crippen molar-refractivity contribution in [2.75, 3.05) is 13.7 Å². The van der Waals surface area contributed by atoms with Crippen LogP contribution in [0.2, 0.25) is 0 Å². The molecule has 0 radical (unpaired) electrons. The summed E-state index contributed by atoms with van der Waals surface area (Å²) < 4.78 is 4.37. The zero-order valence-electron chi connectivity index (χ0n) is 8.71. The van der Waals surface area contributed by atoms with E-state index >= 15 is 0 Å². The molecule has 0 amide bonds. The van der Waals surface area contributed by atoms with Gasteiger partial charge in [0.05, 0.1) is 7.11 Å². The van der Waals surface area contributed by atoms with Crippen molar-refractivity contribution in [2.24, 2.45) is 0 Å². The fourth-order valence-electron chi connectivity index (χ4n) is 1.04. The fourth-order valence-corrected chi connectivity index (χ4v) is 1.04. The lowest BCUT2D eigenvalue weighted by Crippen LogP contribution is -1.94. The van der Waals surface area contributed by atoms with Crippen molar-refractivity contribution < 1.29 is 14.6 Å². The molecule has 0 saturated heterocycles. The van der Waals surface area contributed by atoms with E-state index in [-0.39, 0.29) is 6.61 Å². The molecule has 3 nitrogen and oxygen atoms in total. The number of unbranched alkanes of at least 4 members (excludes halogenated alkanes) is 5. The van der Waals surface area contributed by atoms with E-state index in [9.17, 15) is 4.79 Å². The van der Waals surface area contributed by atoms with Crippen molar-refractivity contribution in [3.63, 3.8) is 0 Å². The summed E-state index contributed by atoms with van der Waals surface area (Å²) in [7, 11) is 1.33. The van der Waals surface area contributed by atoms with Gasteiger partial charge in [0.25, 0.3) is 0 Å². The molecule has 0 fully saturated rings. The van der Waals surface area contributed by atoms with Crippen LogP contribution in [0, 0.1) is 11.8 Å². The summed E-state index contributed by atoms with van der Waals surface area (Å²) in [4.78, 5) is 10.6. The number of hydrogen-bond acceptors (Lipinski definition) is 3. The first-order valence-corrected chi connectivity index (χ1v) is 4.99. The van der Waals surface area contributed by atoms with Crippen LogP contribution >= 0.6 is 0 Å². The Morgan fingerprint density at radius 3 is 2.50 bits per heavy atom. The van der Waals surface area contributed by atoms with Crippen LogP contribution in [0.4, 0.5) is 0 Å². The largest absolute Gasteiger partial charge is 0.459 e. The van der Waals surface area contributed by atoms with E-state index in [4.69, 9.17) is 5.11 Å². The second-order valence-corrected chi connectivity index (χ2v) is 3.03. The van der Waals surface area contributed by atoms with Crippen molar-refractivity contribution in [3.8, 4) is 11.8 Å². The summed E-state index contributed by atoms with van der Waals surface area (Å²) >= 11 is 0. The number of ether oxygens (including phenoxy) is 1. The first-order valence-electron chi connectivity index (χ1n) is 4.99. The highest BCUT2D eigenvalue weighted by Gasteiger charge is 1.90. The van der Waals surface area contributed by atoms with E-state index < -0.39 is 5.97 Å². The first kappa shape index (κ1) is 13.0. The molecule has 0 bridgehead atoms. The monoisotopic (exact) mass is 198 g/mol. The molecule has 0 aromatic heterocycles. The number of esters is 1. The zero-order chi connectivity index (χ0) is 10.6. The quantitative estimate of drug-likeness (QED) is 0.304. The molecule has 3 heteroatoms. The predicted octanol–water partition coefficient (Wildman–Crippen LogP) is 1.50. The van der Waals surface area contributed by atoms with Gasteiger partial charge in [0.2, 0.25) is 0 Å². The molecule has 1 N–H and O–H groups in total.